The first-order valence-electron chi connectivity index (χ1n) is 8.89. The number of carbonyl (C=O) groups excluding carboxylic acids is 1. The van der Waals surface area contributed by atoms with Crippen molar-refractivity contribution in [1.29, 1.82) is 0 Å². The Balaban J connectivity index is 1.86. The van der Waals surface area contributed by atoms with Crippen LogP contribution in [0.1, 0.15) is 17.3 Å². The van der Waals surface area contributed by atoms with E-state index in [0.717, 1.165) is 13.1 Å². The lowest BCUT2D eigenvalue weighted by molar-refractivity contribution is 0.0526. The van der Waals surface area contributed by atoms with Crippen molar-refractivity contribution in [3.05, 3.63) is 46.5 Å². The minimum atomic E-state index is -0.418. The highest BCUT2D eigenvalue weighted by atomic mass is 16.5. The summed E-state index contributed by atoms with van der Waals surface area (Å²) in [5.74, 6) is 0.538. The van der Waals surface area contributed by atoms with Crippen LogP contribution in [0.3, 0.4) is 0 Å². The minimum Gasteiger partial charge on any atom is -0.462 e. The van der Waals surface area contributed by atoms with Gasteiger partial charge in [-0.2, -0.15) is 0 Å². The van der Waals surface area contributed by atoms with Gasteiger partial charge < -0.3 is 15.0 Å². The van der Waals surface area contributed by atoms with Gasteiger partial charge in [-0.1, -0.05) is 0 Å². The monoisotopic (exact) mass is 368 g/mol. The number of esters is 1. The summed E-state index contributed by atoms with van der Waals surface area (Å²) in [5, 5.41) is 3.28. The lowest BCUT2D eigenvalue weighted by atomic mass is 10.2. The van der Waals surface area contributed by atoms with Gasteiger partial charge in [0.05, 0.1) is 12.1 Å². The molecule has 0 amide bonds. The van der Waals surface area contributed by atoms with Crippen LogP contribution in [-0.2, 0) is 4.74 Å². The zero-order valence-corrected chi connectivity index (χ0v) is 14.9. The molecule has 1 fully saturated rings. The molecule has 1 aliphatic rings. The van der Waals surface area contributed by atoms with Crippen LogP contribution in [-0.4, -0.2) is 58.3 Å². The third-order valence-electron chi connectivity index (χ3n) is 4.46. The maximum absolute atomic E-state index is 12.5. The molecule has 140 valence electrons. The van der Waals surface area contributed by atoms with Crippen molar-refractivity contribution in [2.24, 2.45) is 0 Å². The van der Waals surface area contributed by atoms with E-state index in [-0.39, 0.29) is 12.3 Å². The second-order valence-corrected chi connectivity index (χ2v) is 6.13. The molecule has 0 bridgehead atoms. The fraction of sp³-hybridized carbons (Fsp3) is 0.333. The number of piperazine rings is 1. The molecule has 9 nitrogen and oxygen atoms in total. The Morgan fingerprint density at radius 3 is 2.85 bits per heavy atom. The third kappa shape index (κ3) is 3.17. The lowest BCUT2D eigenvalue weighted by Crippen LogP contribution is -2.44. The SMILES string of the molecule is CCOC(=O)c1ccc(-n2c(=O)[nH]c3ncccc32)nc1N1CCNCC1. The molecule has 4 heterocycles. The van der Waals surface area contributed by atoms with Crippen LogP contribution < -0.4 is 15.9 Å². The number of hydrogen-bond acceptors (Lipinski definition) is 7. The van der Waals surface area contributed by atoms with Crippen molar-refractivity contribution in [3.63, 3.8) is 0 Å². The Bertz CT molecular complexity index is 1030. The minimum absolute atomic E-state index is 0.287. The van der Waals surface area contributed by atoms with Gasteiger partial charge in [-0.3, -0.25) is 4.98 Å². The average Bonchev–Trinajstić information content (AvgIpc) is 3.04. The van der Waals surface area contributed by atoms with Crippen LogP contribution >= 0.6 is 0 Å². The third-order valence-corrected chi connectivity index (χ3v) is 4.46. The maximum atomic E-state index is 12.5. The lowest BCUT2D eigenvalue weighted by Gasteiger charge is -2.29. The molecule has 27 heavy (non-hydrogen) atoms. The number of aromatic amines is 1. The molecule has 0 radical (unpaired) electrons. The molecule has 2 N–H and O–H groups in total. The largest absolute Gasteiger partial charge is 0.462 e. The van der Waals surface area contributed by atoms with Crippen molar-refractivity contribution in [1.82, 2.24) is 24.8 Å². The summed E-state index contributed by atoms with van der Waals surface area (Å²) in [6.45, 7) is 5.08. The summed E-state index contributed by atoms with van der Waals surface area (Å²) in [5.41, 5.74) is 1.19. The van der Waals surface area contributed by atoms with Crippen molar-refractivity contribution >= 4 is 23.0 Å². The van der Waals surface area contributed by atoms with Crippen molar-refractivity contribution in [3.8, 4) is 5.82 Å². The summed E-state index contributed by atoms with van der Waals surface area (Å²) in [7, 11) is 0. The van der Waals surface area contributed by atoms with E-state index in [4.69, 9.17) is 4.74 Å². The molecule has 9 heteroatoms. The first-order chi connectivity index (χ1) is 13.2. The van der Waals surface area contributed by atoms with Crippen LogP contribution in [0.4, 0.5) is 5.82 Å². The standard InChI is InChI=1S/C18H20N6O3/c1-2-27-17(25)12-5-6-14(21-16(12)23-10-8-19-9-11-23)24-13-4-3-7-20-15(13)22-18(24)26/h3-7,19H,2,8-11H2,1H3,(H,20,22,26). The first kappa shape index (κ1) is 17.2. The second-order valence-electron chi connectivity index (χ2n) is 6.13. The van der Waals surface area contributed by atoms with E-state index in [9.17, 15) is 9.59 Å². The quantitative estimate of drug-likeness (QED) is 0.653. The van der Waals surface area contributed by atoms with E-state index >= 15 is 0 Å². The van der Waals surface area contributed by atoms with E-state index in [1.807, 2.05) is 4.90 Å². The zero-order valence-electron chi connectivity index (χ0n) is 14.9. The number of hydrogen-bond donors (Lipinski definition) is 2. The Morgan fingerprint density at radius 2 is 2.07 bits per heavy atom. The molecule has 0 atom stereocenters. The van der Waals surface area contributed by atoms with Gasteiger partial charge in [0.2, 0.25) is 0 Å². The fourth-order valence-electron chi connectivity index (χ4n) is 3.22. The Labute approximate surface area is 155 Å². The summed E-state index contributed by atoms with van der Waals surface area (Å²) in [6, 6.07) is 6.88. The average molecular weight is 368 g/mol. The van der Waals surface area contributed by atoms with Crippen molar-refractivity contribution in [2.75, 3.05) is 37.7 Å². The van der Waals surface area contributed by atoms with Crippen LogP contribution in [0.2, 0.25) is 0 Å². The number of carbonyl (C=O) groups is 1. The summed E-state index contributed by atoms with van der Waals surface area (Å²) in [4.78, 5) is 38.5. The van der Waals surface area contributed by atoms with Gasteiger partial charge in [0.1, 0.15) is 17.2 Å². The Morgan fingerprint density at radius 1 is 1.26 bits per heavy atom. The van der Waals surface area contributed by atoms with Gasteiger partial charge in [-0.05, 0) is 31.2 Å². The van der Waals surface area contributed by atoms with E-state index < -0.39 is 5.97 Å². The van der Waals surface area contributed by atoms with Gasteiger partial charge in [-0.15, -0.1) is 0 Å². The molecule has 3 aromatic heterocycles. The molecule has 0 aromatic carbocycles. The summed E-state index contributed by atoms with van der Waals surface area (Å²) < 4.78 is 6.64. The molecule has 0 saturated carbocycles. The van der Waals surface area contributed by atoms with E-state index in [2.05, 4.69) is 20.3 Å². The highest BCUT2D eigenvalue weighted by Crippen LogP contribution is 2.23. The van der Waals surface area contributed by atoms with Crippen molar-refractivity contribution < 1.29 is 9.53 Å². The van der Waals surface area contributed by atoms with Crippen LogP contribution in [0.15, 0.2) is 35.3 Å². The Kier molecular flexibility index (Phi) is 4.59. The highest BCUT2D eigenvalue weighted by molar-refractivity contribution is 5.95. The summed E-state index contributed by atoms with van der Waals surface area (Å²) >= 11 is 0. The molecule has 3 aromatic rings. The maximum Gasteiger partial charge on any atom is 0.341 e. The molecule has 1 aliphatic heterocycles. The molecule has 0 unspecified atom stereocenters. The van der Waals surface area contributed by atoms with Gasteiger partial charge in [0.15, 0.2) is 5.65 Å². The number of ether oxygens (including phenoxy) is 1. The van der Waals surface area contributed by atoms with E-state index in [0.29, 0.717) is 41.5 Å². The zero-order chi connectivity index (χ0) is 18.8. The van der Waals surface area contributed by atoms with Crippen LogP contribution in [0.5, 0.6) is 0 Å². The van der Waals surface area contributed by atoms with Gasteiger partial charge in [-0.25, -0.2) is 24.1 Å². The predicted octanol–water partition coefficient (Wildman–Crippen LogP) is 0.695. The number of nitrogens with one attached hydrogen (secondary N) is 2. The number of aromatic nitrogens is 4. The number of imidazole rings is 1. The number of rotatable bonds is 4. The van der Waals surface area contributed by atoms with Gasteiger partial charge in [0, 0.05) is 32.4 Å². The molecular weight excluding hydrogens is 348 g/mol. The summed E-state index contributed by atoms with van der Waals surface area (Å²) in [6.07, 6.45) is 1.62. The fourth-order valence-corrected chi connectivity index (χ4v) is 3.22. The molecule has 4 rings (SSSR count). The van der Waals surface area contributed by atoms with Crippen molar-refractivity contribution in [2.45, 2.75) is 6.92 Å². The smallest absolute Gasteiger partial charge is 0.341 e. The van der Waals surface area contributed by atoms with E-state index in [1.54, 1.807) is 37.4 Å². The second kappa shape index (κ2) is 7.20. The molecule has 0 spiro atoms. The number of fused-ring (bicyclic) bond motifs is 1. The van der Waals surface area contributed by atoms with Gasteiger partial charge in [0.25, 0.3) is 0 Å². The Hall–Kier alpha value is -3.20. The van der Waals surface area contributed by atoms with E-state index in [1.165, 1.54) is 4.57 Å². The normalized spacial score (nSPS) is 14.5. The first-order valence-corrected chi connectivity index (χ1v) is 8.89. The topological polar surface area (TPSA) is 105 Å². The number of anilines is 1. The van der Waals surface area contributed by atoms with Gasteiger partial charge >= 0.3 is 11.7 Å². The van der Waals surface area contributed by atoms with Crippen LogP contribution in [0, 0.1) is 0 Å². The molecular formula is C18H20N6O3. The predicted molar refractivity (Wildman–Crippen MR) is 101 cm³/mol. The number of nitrogens with zero attached hydrogens (tertiary/aromatic N) is 4. The molecule has 0 aliphatic carbocycles. The number of H-pyrrole nitrogens is 1. The highest BCUT2D eigenvalue weighted by Gasteiger charge is 2.22. The van der Waals surface area contributed by atoms with Crippen LogP contribution in [0.25, 0.3) is 17.0 Å². The number of pyridine rings is 2. The molecule has 1 saturated heterocycles.